The van der Waals surface area contributed by atoms with Crippen molar-refractivity contribution in [1.29, 1.82) is 0 Å². The van der Waals surface area contributed by atoms with Crippen LogP contribution in [-0.2, 0) is 14.8 Å². The summed E-state index contributed by atoms with van der Waals surface area (Å²) < 4.78 is 33.9. The van der Waals surface area contributed by atoms with Gasteiger partial charge in [-0.3, -0.25) is 9.52 Å². The van der Waals surface area contributed by atoms with Crippen molar-refractivity contribution >= 4 is 39.5 Å². The highest BCUT2D eigenvalue weighted by Crippen LogP contribution is 2.25. The highest BCUT2D eigenvalue weighted by Gasteiger charge is 2.18. The Morgan fingerprint density at radius 2 is 1.68 bits per heavy atom. The predicted octanol–water partition coefficient (Wildman–Crippen LogP) is 4.84. The SMILES string of the molecule is CC(=O)Nc1c(C)noc1/C=C\c1ccc(C)c(S(=O)(=O)Nc2ccc(C)c(C)c2)c1. The van der Waals surface area contributed by atoms with Gasteiger partial charge in [0.1, 0.15) is 11.4 Å². The minimum Gasteiger partial charge on any atom is -0.354 e. The van der Waals surface area contributed by atoms with Crippen molar-refractivity contribution < 1.29 is 17.7 Å². The van der Waals surface area contributed by atoms with Crippen molar-refractivity contribution in [2.75, 3.05) is 10.0 Å². The van der Waals surface area contributed by atoms with Crippen molar-refractivity contribution in [1.82, 2.24) is 5.16 Å². The van der Waals surface area contributed by atoms with E-state index in [2.05, 4.69) is 15.2 Å². The van der Waals surface area contributed by atoms with Crippen LogP contribution in [0.5, 0.6) is 0 Å². The van der Waals surface area contributed by atoms with Crippen molar-refractivity contribution in [3.05, 3.63) is 70.1 Å². The lowest BCUT2D eigenvalue weighted by molar-refractivity contribution is -0.114. The number of benzene rings is 2. The third-order valence-corrected chi connectivity index (χ3v) is 6.40. The highest BCUT2D eigenvalue weighted by molar-refractivity contribution is 7.92. The molecule has 0 bridgehead atoms. The average molecular weight is 440 g/mol. The van der Waals surface area contributed by atoms with Crippen LogP contribution in [0.25, 0.3) is 12.2 Å². The first kappa shape index (κ1) is 22.3. The van der Waals surface area contributed by atoms with E-state index in [0.717, 1.165) is 11.1 Å². The maximum Gasteiger partial charge on any atom is 0.262 e. The molecule has 0 aliphatic carbocycles. The Balaban J connectivity index is 1.90. The molecule has 1 heterocycles. The Morgan fingerprint density at radius 3 is 2.35 bits per heavy atom. The smallest absolute Gasteiger partial charge is 0.262 e. The lowest BCUT2D eigenvalue weighted by atomic mass is 10.1. The second-order valence-electron chi connectivity index (χ2n) is 7.45. The fourth-order valence-electron chi connectivity index (χ4n) is 3.03. The molecule has 1 aromatic heterocycles. The van der Waals surface area contributed by atoms with E-state index in [1.807, 2.05) is 32.0 Å². The van der Waals surface area contributed by atoms with Crippen LogP contribution in [-0.4, -0.2) is 19.5 Å². The number of rotatable bonds is 6. The summed E-state index contributed by atoms with van der Waals surface area (Å²) in [6, 6.07) is 10.6. The number of carbonyl (C=O) groups excluding carboxylic acids is 1. The number of nitrogens with one attached hydrogen (secondary N) is 2. The van der Waals surface area contributed by atoms with Gasteiger partial charge in [0, 0.05) is 12.6 Å². The first-order chi connectivity index (χ1) is 14.6. The first-order valence-corrected chi connectivity index (χ1v) is 11.2. The summed E-state index contributed by atoms with van der Waals surface area (Å²) in [5.74, 6) is 0.146. The lowest BCUT2D eigenvalue weighted by Gasteiger charge is -2.12. The number of hydrogen-bond donors (Lipinski definition) is 2. The Bertz CT molecular complexity index is 1270. The molecule has 0 unspecified atom stereocenters. The molecule has 0 saturated carbocycles. The summed E-state index contributed by atoms with van der Waals surface area (Å²) >= 11 is 0. The summed E-state index contributed by atoms with van der Waals surface area (Å²) in [6.45, 7) is 8.78. The van der Waals surface area contributed by atoms with E-state index in [-0.39, 0.29) is 10.8 Å². The number of carbonyl (C=O) groups is 1. The maximum atomic E-state index is 13.0. The van der Waals surface area contributed by atoms with Gasteiger partial charge in [-0.2, -0.15) is 0 Å². The molecule has 0 fully saturated rings. The Kier molecular flexibility index (Phi) is 6.31. The fourth-order valence-corrected chi connectivity index (χ4v) is 4.36. The quantitative estimate of drug-likeness (QED) is 0.572. The second kappa shape index (κ2) is 8.77. The monoisotopic (exact) mass is 439 g/mol. The summed E-state index contributed by atoms with van der Waals surface area (Å²) in [7, 11) is -3.78. The first-order valence-electron chi connectivity index (χ1n) is 9.69. The molecular formula is C23H25N3O4S. The molecule has 0 spiro atoms. The predicted molar refractivity (Wildman–Crippen MR) is 122 cm³/mol. The van der Waals surface area contributed by atoms with Gasteiger partial charge < -0.3 is 9.84 Å². The molecule has 0 radical (unpaired) electrons. The zero-order chi connectivity index (χ0) is 22.8. The fraction of sp³-hybridized carbons (Fsp3) is 0.217. The van der Waals surface area contributed by atoms with E-state index in [1.54, 1.807) is 44.2 Å². The van der Waals surface area contributed by atoms with Crippen molar-refractivity contribution in [2.24, 2.45) is 0 Å². The van der Waals surface area contributed by atoms with Crippen LogP contribution < -0.4 is 10.0 Å². The summed E-state index contributed by atoms with van der Waals surface area (Å²) in [6.07, 6.45) is 3.35. The largest absolute Gasteiger partial charge is 0.354 e. The molecule has 0 atom stereocenters. The molecule has 3 aromatic rings. The van der Waals surface area contributed by atoms with Gasteiger partial charge in [0.05, 0.1) is 4.90 Å². The molecule has 31 heavy (non-hydrogen) atoms. The third kappa shape index (κ3) is 5.21. The lowest BCUT2D eigenvalue weighted by Crippen LogP contribution is -2.14. The van der Waals surface area contributed by atoms with Gasteiger partial charge in [0.2, 0.25) is 5.91 Å². The van der Waals surface area contributed by atoms with Gasteiger partial charge in [-0.1, -0.05) is 29.4 Å². The molecule has 162 valence electrons. The number of aryl methyl sites for hydroxylation is 4. The van der Waals surface area contributed by atoms with Gasteiger partial charge in [-0.25, -0.2) is 8.42 Å². The summed E-state index contributed by atoms with van der Waals surface area (Å²) in [4.78, 5) is 11.6. The van der Waals surface area contributed by atoms with Crippen LogP contribution in [0.15, 0.2) is 45.8 Å². The standard InChI is InChI=1S/C23H25N3O4S/c1-14-7-10-20(12-16(14)3)26-31(28,29)22-13-19(8-6-15(22)2)9-11-21-23(24-18(5)27)17(4)25-30-21/h6-13,26H,1-5H3,(H,24,27)/b11-9-. The van der Waals surface area contributed by atoms with Crippen molar-refractivity contribution in [3.63, 3.8) is 0 Å². The van der Waals surface area contributed by atoms with Gasteiger partial charge in [0.15, 0.2) is 5.76 Å². The van der Waals surface area contributed by atoms with Crippen LogP contribution in [0.1, 0.15) is 40.6 Å². The van der Waals surface area contributed by atoms with Crippen LogP contribution in [0, 0.1) is 27.7 Å². The number of nitrogens with zero attached hydrogens (tertiary/aromatic N) is 1. The number of amides is 1. The molecule has 0 aliphatic heterocycles. The molecule has 2 aromatic carbocycles. The van der Waals surface area contributed by atoms with Crippen LogP contribution in [0.2, 0.25) is 0 Å². The van der Waals surface area contributed by atoms with E-state index in [4.69, 9.17) is 4.52 Å². The zero-order valence-electron chi connectivity index (χ0n) is 18.1. The molecule has 1 amide bonds. The molecule has 3 rings (SSSR count). The van der Waals surface area contributed by atoms with Crippen molar-refractivity contribution in [3.8, 4) is 0 Å². The Morgan fingerprint density at radius 1 is 0.968 bits per heavy atom. The molecule has 0 saturated heterocycles. The number of aromatic nitrogens is 1. The normalized spacial score (nSPS) is 11.6. The third-order valence-electron chi connectivity index (χ3n) is 4.88. The average Bonchev–Trinajstić information content (AvgIpc) is 3.03. The zero-order valence-corrected chi connectivity index (χ0v) is 18.9. The van der Waals surface area contributed by atoms with Crippen LogP contribution >= 0.6 is 0 Å². The molecular weight excluding hydrogens is 414 g/mol. The summed E-state index contributed by atoms with van der Waals surface area (Å²) in [5.41, 5.74) is 4.94. The van der Waals surface area contributed by atoms with Gasteiger partial charge >= 0.3 is 0 Å². The Hall–Kier alpha value is -3.39. The maximum absolute atomic E-state index is 13.0. The second-order valence-corrected chi connectivity index (χ2v) is 9.10. The van der Waals surface area contributed by atoms with Gasteiger partial charge in [-0.15, -0.1) is 0 Å². The number of hydrogen-bond acceptors (Lipinski definition) is 5. The molecule has 7 nitrogen and oxygen atoms in total. The highest BCUT2D eigenvalue weighted by atomic mass is 32.2. The molecule has 0 aliphatic rings. The van der Waals surface area contributed by atoms with E-state index >= 15 is 0 Å². The summed E-state index contributed by atoms with van der Waals surface area (Å²) in [5, 5.41) is 6.55. The topological polar surface area (TPSA) is 101 Å². The van der Waals surface area contributed by atoms with Crippen LogP contribution in [0.3, 0.4) is 0 Å². The van der Waals surface area contributed by atoms with E-state index in [1.165, 1.54) is 6.92 Å². The van der Waals surface area contributed by atoms with Gasteiger partial charge in [0.25, 0.3) is 10.0 Å². The molecule has 8 heteroatoms. The van der Waals surface area contributed by atoms with Gasteiger partial charge in [-0.05, 0) is 74.2 Å². The minimum absolute atomic E-state index is 0.184. The van der Waals surface area contributed by atoms with Crippen molar-refractivity contribution in [2.45, 2.75) is 39.5 Å². The van der Waals surface area contributed by atoms with Crippen LogP contribution in [0.4, 0.5) is 11.4 Å². The minimum atomic E-state index is -3.78. The number of anilines is 2. The van der Waals surface area contributed by atoms with E-state index < -0.39 is 10.0 Å². The Labute approximate surface area is 182 Å². The molecule has 2 N–H and O–H groups in total. The van der Waals surface area contributed by atoms with E-state index in [9.17, 15) is 13.2 Å². The number of sulfonamides is 1. The van der Waals surface area contributed by atoms with E-state index in [0.29, 0.717) is 34.0 Å².